The Hall–Kier alpha value is -1.03. The summed E-state index contributed by atoms with van der Waals surface area (Å²) in [6, 6.07) is 0.945. The first-order valence-corrected chi connectivity index (χ1v) is 12.1. The molecule has 1 aliphatic rings. The second-order valence-electron chi connectivity index (χ2n) is 5.61. The third-order valence-corrected chi connectivity index (χ3v) is 7.71. The maximum Gasteiger partial charge on any atom is 0.490 e. The van der Waals surface area contributed by atoms with Crippen molar-refractivity contribution in [3.63, 3.8) is 0 Å². The first-order valence-electron chi connectivity index (χ1n) is 7.61. The van der Waals surface area contributed by atoms with E-state index < -0.39 is 65.9 Å². The molecule has 6 atom stereocenters. The molecular weight excluding hydrogens is 481 g/mol. The number of nitrogens with zero attached hydrogens (tertiary/aromatic N) is 1. The third kappa shape index (κ3) is 6.48. The molecule has 0 saturated carbocycles. The van der Waals surface area contributed by atoms with Crippen molar-refractivity contribution < 1.29 is 61.0 Å². The molecule has 20 heteroatoms. The highest BCUT2D eigenvalue weighted by Gasteiger charge is 2.47. The number of ether oxygens (including phenoxy) is 1. The summed E-state index contributed by atoms with van der Waals surface area (Å²) in [5.41, 5.74) is -1.70. The zero-order valence-corrected chi connectivity index (χ0v) is 17.5. The number of aliphatic hydroxyl groups excluding tert-OH is 2. The molecule has 6 N–H and O–H groups in total. The fraction of sp³-hybridized carbons (Fsp3) is 0.600. The van der Waals surface area contributed by atoms with E-state index in [9.17, 15) is 38.4 Å². The Labute approximate surface area is 166 Å². The molecule has 2 rings (SSSR count). The van der Waals surface area contributed by atoms with Crippen molar-refractivity contribution in [3.05, 3.63) is 33.1 Å². The molecular formula is C10H17N2O15P3. The third-order valence-electron chi connectivity index (χ3n) is 3.50. The van der Waals surface area contributed by atoms with Crippen LogP contribution in [0.4, 0.5) is 0 Å². The second kappa shape index (κ2) is 9.22. The number of hydrogen-bond acceptors (Lipinski definition) is 12. The molecule has 172 valence electrons. The topological polar surface area (TPSA) is 253 Å². The lowest BCUT2D eigenvalue weighted by molar-refractivity contribution is -0.0546. The van der Waals surface area contributed by atoms with Gasteiger partial charge in [-0.1, -0.05) is 0 Å². The minimum Gasteiger partial charge on any atom is -0.387 e. The first-order chi connectivity index (χ1) is 13.7. The van der Waals surface area contributed by atoms with Crippen LogP contribution in [0.15, 0.2) is 21.9 Å². The highest BCUT2D eigenvalue weighted by molar-refractivity contribution is 7.66. The van der Waals surface area contributed by atoms with Crippen molar-refractivity contribution in [1.82, 2.24) is 9.55 Å². The Morgan fingerprint density at radius 3 is 2.30 bits per heavy atom. The van der Waals surface area contributed by atoms with Crippen LogP contribution in [0.3, 0.4) is 0 Å². The van der Waals surface area contributed by atoms with E-state index in [2.05, 4.69) is 17.7 Å². The van der Waals surface area contributed by atoms with Crippen LogP contribution in [-0.2, 0) is 36.1 Å². The largest absolute Gasteiger partial charge is 0.490 e. The van der Waals surface area contributed by atoms with Crippen LogP contribution in [-0.4, -0.2) is 66.5 Å². The summed E-state index contributed by atoms with van der Waals surface area (Å²) in [6.07, 6.45) is -5.45. The summed E-state index contributed by atoms with van der Waals surface area (Å²) in [4.78, 5) is 51.1. The number of H-pyrrole nitrogens is 1. The van der Waals surface area contributed by atoms with E-state index in [4.69, 9.17) is 14.5 Å². The van der Waals surface area contributed by atoms with Gasteiger partial charge in [0.25, 0.3) is 5.56 Å². The van der Waals surface area contributed by atoms with Gasteiger partial charge in [-0.15, -0.1) is 0 Å². The minimum absolute atomic E-state index is 0.696. The van der Waals surface area contributed by atoms with E-state index in [0.717, 1.165) is 16.8 Å². The molecule has 17 nitrogen and oxygen atoms in total. The van der Waals surface area contributed by atoms with Gasteiger partial charge in [0.2, 0.25) is 0 Å². The Morgan fingerprint density at radius 2 is 1.77 bits per heavy atom. The van der Waals surface area contributed by atoms with Crippen LogP contribution in [0.2, 0.25) is 0 Å². The van der Waals surface area contributed by atoms with Crippen molar-refractivity contribution in [2.24, 2.45) is 0 Å². The van der Waals surface area contributed by atoms with Crippen molar-refractivity contribution in [2.45, 2.75) is 24.5 Å². The van der Waals surface area contributed by atoms with Gasteiger partial charge in [0.05, 0.1) is 6.61 Å². The maximum atomic E-state index is 12.2. The fourth-order valence-electron chi connectivity index (χ4n) is 2.27. The molecule has 0 aliphatic carbocycles. The van der Waals surface area contributed by atoms with Crippen LogP contribution in [0.5, 0.6) is 0 Å². The number of hydrogen-bond donors (Lipinski definition) is 6. The number of phosphoric ester groups is 1. The molecule has 2 unspecified atom stereocenters. The fourth-order valence-corrected chi connectivity index (χ4v) is 5.64. The zero-order valence-electron chi connectivity index (χ0n) is 14.8. The van der Waals surface area contributed by atoms with E-state index in [1.54, 1.807) is 0 Å². The Kier molecular flexibility index (Phi) is 7.76. The van der Waals surface area contributed by atoms with E-state index in [-0.39, 0.29) is 0 Å². The van der Waals surface area contributed by atoms with Gasteiger partial charge in [0.15, 0.2) is 6.23 Å². The molecule has 30 heavy (non-hydrogen) atoms. The van der Waals surface area contributed by atoms with Gasteiger partial charge >= 0.3 is 29.2 Å². The van der Waals surface area contributed by atoms with E-state index >= 15 is 0 Å². The number of phosphoric acid groups is 3. The highest BCUT2D eigenvalue weighted by atomic mass is 31.3. The average molecular weight is 498 g/mol. The van der Waals surface area contributed by atoms with Gasteiger partial charge in [0, 0.05) is 19.4 Å². The summed E-state index contributed by atoms with van der Waals surface area (Å²) in [5, 5.41) is 20.1. The summed E-state index contributed by atoms with van der Waals surface area (Å²) in [6.45, 7) is -0.909. The highest BCUT2D eigenvalue weighted by Crippen LogP contribution is 2.68. The van der Waals surface area contributed by atoms with E-state index in [1.807, 2.05) is 4.98 Å². The molecule has 1 fully saturated rings. The quantitative estimate of drug-likeness (QED) is 0.204. The molecule has 0 amide bonds. The van der Waals surface area contributed by atoms with Crippen LogP contribution < -0.4 is 11.2 Å². The van der Waals surface area contributed by atoms with Gasteiger partial charge in [-0.25, -0.2) is 18.5 Å². The predicted molar refractivity (Wildman–Crippen MR) is 91.9 cm³/mol. The molecule has 0 radical (unpaired) electrons. The number of aliphatic hydroxyl groups is 2. The van der Waals surface area contributed by atoms with Crippen LogP contribution in [0.1, 0.15) is 6.23 Å². The number of nitrogens with one attached hydrogen (secondary N) is 1. The lowest BCUT2D eigenvalue weighted by Gasteiger charge is -2.21. The molecule has 0 bridgehead atoms. The zero-order chi connectivity index (χ0) is 22.9. The predicted octanol–water partition coefficient (Wildman–Crippen LogP) is -1.85. The van der Waals surface area contributed by atoms with Crippen molar-refractivity contribution in [1.29, 1.82) is 0 Å². The molecule has 2 heterocycles. The standard InChI is InChI=1S/C10H17N2O15P3/c1-23-30(22,27-29(20,21)26-28(17,18)19)24-4-5-7(14)8(15)9(25-5)12-3-2-6(13)11-10(12)16/h2-3,5,7-9,14-15H,4H2,1H3,(H,20,21)(H,11,13,16)(H2,17,18,19)/t5-,7-,8-,9-,30?/m1/s1. The number of aromatic nitrogens is 2. The summed E-state index contributed by atoms with van der Waals surface area (Å²) in [5.74, 6) is 0. The maximum absolute atomic E-state index is 12.2. The lowest BCUT2D eigenvalue weighted by Crippen LogP contribution is -2.37. The average Bonchev–Trinajstić information content (AvgIpc) is 2.86. The van der Waals surface area contributed by atoms with Gasteiger partial charge in [0.1, 0.15) is 18.3 Å². The first kappa shape index (κ1) is 25.2. The van der Waals surface area contributed by atoms with E-state index in [1.165, 1.54) is 0 Å². The van der Waals surface area contributed by atoms with Gasteiger partial charge in [-0.3, -0.25) is 23.4 Å². The van der Waals surface area contributed by atoms with E-state index in [0.29, 0.717) is 7.11 Å². The summed E-state index contributed by atoms with van der Waals surface area (Å²) < 4.78 is 56.9. The summed E-state index contributed by atoms with van der Waals surface area (Å²) in [7, 11) is -15.4. The molecule has 1 aromatic rings. The SMILES string of the molecule is COP(=O)(OC[C@H]1O[C@@H](n2ccc(=O)[nH]c2=O)[C@H](O)[C@@H]1O)OP(=O)(O)OP(=O)(O)O. The van der Waals surface area contributed by atoms with Crippen LogP contribution in [0.25, 0.3) is 0 Å². The normalized spacial score (nSPS) is 28.7. The van der Waals surface area contributed by atoms with Crippen molar-refractivity contribution in [2.75, 3.05) is 13.7 Å². The molecule has 1 saturated heterocycles. The molecule has 0 spiro atoms. The Morgan fingerprint density at radius 1 is 1.13 bits per heavy atom. The number of aromatic amines is 1. The van der Waals surface area contributed by atoms with Crippen molar-refractivity contribution >= 4 is 23.5 Å². The smallest absolute Gasteiger partial charge is 0.387 e. The van der Waals surface area contributed by atoms with Gasteiger partial charge in [-0.2, -0.15) is 8.62 Å². The Bertz CT molecular complexity index is 1010. The molecule has 0 aromatic carbocycles. The van der Waals surface area contributed by atoms with Gasteiger partial charge < -0.3 is 29.6 Å². The number of rotatable bonds is 9. The molecule has 1 aliphatic heterocycles. The van der Waals surface area contributed by atoms with Crippen LogP contribution >= 0.6 is 23.5 Å². The van der Waals surface area contributed by atoms with Gasteiger partial charge in [-0.05, 0) is 0 Å². The minimum atomic E-state index is -5.62. The summed E-state index contributed by atoms with van der Waals surface area (Å²) >= 11 is 0. The van der Waals surface area contributed by atoms with Crippen LogP contribution in [0, 0.1) is 0 Å². The lowest BCUT2D eigenvalue weighted by atomic mass is 10.1. The van der Waals surface area contributed by atoms with Crippen molar-refractivity contribution in [3.8, 4) is 0 Å². The monoisotopic (exact) mass is 498 g/mol. The Balaban J connectivity index is 2.10. The molecule has 1 aromatic heterocycles. The second-order valence-corrected chi connectivity index (χ2v) is 10.4.